The summed E-state index contributed by atoms with van der Waals surface area (Å²) < 4.78 is 23.9. The van der Waals surface area contributed by atoms with E-state index in [1.807, 2.05) is 4.90 Å². The van der Waals surface area contributed by atoms with Crippen molar-refractivity contribution in [2.45, 2.75) is 12.0 Å². The van der Waals surface area contributed by atoms with Gasteiger partial charge in [0, 0.05) is 20.2 Å². The van der Waals surface area contributed by atoms with E-state index in [-0.39, 0.29) is 12.4 Å². The standard InChI is InChI=1S/C14H18FNO4/c1-19-14(6-7-16(9-14)8-13(17)18)10-20-12-4-2-11(15)3-5-12/h2-5H,6-10H2,1H3,(H,17,18)/t14-/m0/s1. The van der Waals surface area contributed by atoms with Crippen LogP contribution in [0.2, 0.25) is 0 Å². The molecule has 0 bridgehead atoms. The van der Waals surface area contributed by atoms with Gasteiger partial charge in [-0.2, -0.15) is 0 Å². The van der Waals surface area contributed by atoms with Gasteiger partial charge in [0.2, 0.25) is 0 Å². The van der Waals surface area contributed by atoms with Crippen LogP contribution in [-0.2, 0) is 9.53 Å². The molecular formula is C14H18FNO4. The lowest BCUT2D eigenvalue weighted by atomic mass is 10.1. The van der Waals surface area contributed by atoms with E-state index in [1.165, 1.54) is 12.1 Å². The smallest absolute Gasteiger partial charge is 0.317 e. The summed E-state index contributed by atoms with van der Waals surface area (Å²) in [5.41, 5.74) is -0.510. The summed E-state index contributed by atoms with van der Waals surface area (Å²) in [6.45, 7) is 1.48. The van der Waals surface area contributed by atoms with Crippen molar-refractivity contribution < 1.29 is 23.8 Å². The van der Waals surface area contributed by atoms with Crippen LogP contribution in [-0.4, -0.2) is 54.9 Å². The number of carboxylic acid groups (broad SMARTS) is 1. The van der Waals surface area contributed by atoms with Gasteiger partial charge in [0.25, 0.3) is 0 Å². The summed E-state index contributed by atoms with van der Waals surface area (Å²) in [5, 5.41) is 8.80. The largest absolute Gasteiger partial charge is 0.491 e. The van der Waals surface area contributed by atoms with Crippen LogP contribution in [0.15, 0.2) is 24.3 Å². The molecule has 6 heteroatoms. The lowest BCUT2D eigenvalue weighted by Crippen LogP contribution is -2.42. The molecule has 1 saturated heterocycles. The number of aliphatic carboxylic acids is 1. The number of rotatable bonds is 6. The molecule has 1 atom stereocenters. The summed E-state index contributed by atoms with van der Waals surface area (Å²) >= 11 is 0. The Labute approximate surface area is 116 Å². The van der Waals surface area contributed by atoms with E-state index in [9.17, 15) is 9.18 Å². The maximum absolute atomic E-state index is 12.8. The van der Waals surface area contributed by atoms with Crippen LogP contribution in [0.3, 0.4) is 0 Å². The van der Waals surface area contributed by atoms with Crippen LogP contribution < -0.4 is 4.74 Å². The first-order valence-corrected chi connectivity index (χ1v) is 6.41. The number of carbonyl (C=O) groups is 1. The van der Waals surface area contributed by atoms with Crippen molar-refractivity contribution in [2.24, 2.45) is 0 Å². The molecule has 20 heavy (non-hydrogen) atoms. The van der Waals surface area contributed by atoms with Crippen molar-refractivity contribution in [3.63, 3.8) is 0 Å². The Bertz CT molecular complexity index is 465. The average molecular weight is 283 g/mol. The molecule has 1 aliphatic heterocycles. The van der Waals surface area contributed by atoms with Gasteiger partial charge in [-0.25, -0.2) is 4.39 Å². The Hall–Kier alpha value is -1.66. The second-order valence-electron chi connectivity index (χ2n) is 4.98. The minimum Gasteiger partial charge on any atom is -0.491 e. The fraction of sp³-hybridized carbons (Fsp3) is 0.500. The first kappa shape index (κ1) is 14.7. The predicted molar refractivity (Wildman–Crippen MR) is 70.3 cm³/mol. The highest BCUT2D eigenvalue weighted by molar-refractivity contribution is 5.69. The zero-order chi connectivity index (χ0) is 14.6. The van der Waals surface area contributed by atoms with E-state index >= 15 is 0 Å². The molecule has 0 aromatic heterocycles. The zero-order valence-corrected chi connectivity index (χ0v) is 11.3. The van der Waals surface area contributed by atoms with E-state index in [4.69, 9.17) is 14.6 Å². The second kappa shape index (κ2) is 6.19. The van der Waals surface area contributed by atoms with Gasteiger partial charge >= 0.3 is 5.97 Å². The van der Waals surface area contributed by atoms with Crippen LogP contribution >= 0.6 is 0 Å². The van der Waals surface area contributed by atoms with Crippen LogP contribution in [0, 0.1) is 5.82 Å². The normalized spacial score (nSPS) is 22.9. The van der Waals surface area contributed by atoms with Gasteiger partial charge in [0.1, 0.15) is 23.8 Å². The number of methoxy groups -OCH3 is 1. The minimum atomic E-state index is -0.851. The van der Waals surface area contributed by atoms with Gasteiger partial charge in [-0.3, -0.25) is 9.69 Å². The molecule has 1 aromatic rings. The number of halogens is 1. The van der Waals surface area contributed by atoms with Crippen LogP contribution in [0.4, 0.5) is 4.39 Å². The molecule has 1 aromatic carbocycles. The fourth-order valence-corrected chi connectivity index (χ4v) is 2.34. The van der Waals surface area contributed by atoms with Gasteiger partial charge in [-0.05, 0) is 30.7 Å². The Morgan fingerprint density at radius 1 is 1.45 bits per heavy atom. The van der Waals surface area contributed by atoms with E-state index in [0.717, 1.165) is 0 Å². The number of hydrogen-bond donors (Lipinski definition) is 1. The highest BCUT2D eigenvalue weighted by Gasteiger charge is 2.39. The number of benzene rings is 1. The Morgan fingerprint density at radius 2 is 2.15 bits per heavy atom. The van der Waals surface area contributed by atoms with Crippen molar-refractivity contribution in [3.8, 4) is 5.75 Å². The van der Waals surface area contributed by atoms with Gasteiger partial charge in [-0.1, -0.05) is 0 Å². The molecular weight excluding hydrogens is 265 g/mol. The molecule has 1 aliphatic rings. The first-order valence-electron chi connectivity index (χ1n) is 6.41. The molecule has 2 rings (SSSR count). The van der Waals surface area contributed by atoms with E-state index in [0.29, 0.717) is 31.9 Å². The number of likely N-dealkylation sites (tertiary alicyclic amines) is 1. The Balaban J connectivity index is 1.92. The molecule has 1 N–H and O–H groups in total. The van der Waals surface area contributed by atoms with Gasteiger partial charge in [0.15, 0.2) is 0 Å². The van der Waals surface area contributed by atoms with E-state index < -0.39 is 11.6 Å². The fourth-order valence-electron chi connectivity index (χ4n) is 2.34. The molecule has 110 valence electrons. The minimum absolute atomic E-state index is 0.00165. The van der Waals surface area contributed by atoms with Crippen molar-refractivity contribution in [1.29, 1.82) is 0 Å². The molecule has 0 radical (unpaired) electrons. The third-order valence-electron chi connectivity index (χ3n) is 3.50. The Morgan fingerprint density at radius 3 is 2.75 bits per heavy atom. The summed E-state index contributed by atoms with van der Waals surface area (Å²) in [4.78, 5) is 12.5. The first-order chi connectivity index (χ1) is 9.53. The molecule has 1 fully saturated rings. The SMILES string of the molecule is CO[C@@]1(COc2ccc(F)cc2)CCN(CC(=O)O)C1. The van der Waals surface area contributed by atoms with Crippen LogP contribution in [0.5, 0.6) is 5.75 Å². The molecule has 0 amide bonds. The second-order valence-corrected chi connectivity index (χ2v) is 4.98. The maximum Gasteiger partial charge on any atom is 0.317 e. The molecule has 5 nitrogen and oxygen atoms in total. The number of ether oxygens (including phenoxy) is 2. The summed E-state index contributed by atoms with van der Waals surface area (Å²) in [7, 11) is 1.60. The summed E-state index contributed by atoms with van der Waals surface area (Å²) in [6.07, 6.45) is 0.706. The van der Waals surface area contributed by atoms with Crippen molar-refractivity contribution >= 4 is 5.97 Å². The number of hydrogen-bond acceptors (Lipinski definition) is 4. The lowest BCUT2D eigenvalue weighted by Gasteiger charge is -2.27. The molecule has 1 heterocycles. The molecule has 0 unspecified atom stereocenters. The third-order valence-corrected chi connectivity index (χ3v) is 3.50. The van der Waals surface area contributed by atoms with Gasteiger partial charge in [0.05, 0.1) is 6.54 Å². The number of nitrogens with zero attached hydrogens (tertiary/aromatic N) is 1. The van der Waals surface area contributed by atoms with Crippen molar-refractivity contribution in [1.82, 2.24) is 4.90 Å². The van der Waals surface area contributed by atoms with Crippen LogP contribution in [0.1, 0.15) is 6.42 Å². The average Bonchev–Trinajstić information content (AvgIpc) is 2.81. The number of carboxylic acids is 1. The highest BCUT2D eigenvalue weighted by Crippen LogP contribution is 2.26. The highest BCUT2D eigenvalue weighted by atomic mass is 19.1. The summed E-state index contributed by atoms with van der Waals surface area (Å²) in [5.74, 6) is -0.594. The zero-order valence-electron chi connectivity index (χ0n) is 11.3. The van der Waals surface area contributed by atoms with Gasteiger partial charge in [-0.15, -0.1) is 0 Å². The lowest BCUT2D eigenvalue weighted by molar-refractivity contribution is -0.138. The van der Waals surface area contributed by atoms with E-state index in [1.54, 1.807) is 19.2 Å². The maximum atomic E-state index is 12.8. The molecule has 0 saturated carbocycles. The van der Waals surface area contributed by atoms with Gasteiger partial charge < -0.3 is 14.6 Å². The monoisotopic (exact) mass is 283 g/mol. The van der Waals surface area contributed by atoms with Crippen LogP contribution in [0.25, 0.3) is 0 Å². The molecule has 0 spiro atoms. The quantitative estimate of drug-likeness (QED) is 0.854. The molecule has 0 aliphatic carbocycles. The third kappa shape index (κ3) is 3.68. The predicted octanol–water partition coefficient (Wildman–Crippen LogP) is 1.38. The topological polar surface area (TPSA) is 59.0 Å². The Kier molecular flexibility index (Phi) is 4.57. The van der Waals surface area contributed by atoms with Crippen molar-refractivity contribution in [2.75, 3.05) is 33.4 Å². The summed E-state index contributed by atoms with van der Waals surface area (Å²) in [6, 6.07) is 5.78. The van der Waals surface area contributed by atoms with Crippen molar-refractivity contribution in [3.05, 3.63) is 30.1 Å². The van der Waals surface area contributed by atoms with E-state index in [2.05, 4.69) is 0 Å².